The van der Waals surface area contributed by atoms with E-state index in [9.17, 15) is 23.1 Å². The summed E-state index contributed by atoms with van der Waals surface area (Å²) in [5.41, 5.74) is 0.396. The quantitative estimate of drug-likeness (QED) is 0.635. The highest BCUT2D eigenvalue weighted by molar-refractivity contribution is 7.94. The number of rotatable bonds is 8. The van der Waals surface area contributed by atoms with Gasteiger partial charge in [0, 0.05) is 11.3 Å². The monoisotopic (exact) mass is 396 g/mol. The molecule has 2 rings (SSSR count). The first-order valence-corrected chi connectivity index (χ1v) is 10.3. The van der Waals surface area contributed by atoms with Crippen molar-refractivity contribution >= 4 is 38.9 Å². The van der Waals surface area contributed by atoms with Gasteiger partial charge in [-0.05, 0) is 35.6 Å². The van der Waals surface area contributed by atoms with Crippen LogP contribution in [0.3, 0.4) is 0 Å². The average Bonchev–Trinajstić information content (AvgIpc) is 3.14. The van der Waals surface area contributed by atoms with E-state index in [4.69, 9.17) is 0 Å². The predicted molar refractivity (Wildman–Crippen MR) is 99.9 cm³/mol. The summed E-state index contributed by atoms with van der Waals surface area (Å²) in [6.45, 7) is 3.58. The fourth-order valence-corrected chi connectivity index (χ4v) is 4.30. The Morgan fingerprint density at radius 1 is 1.23 bits per heavy atom. The Hall–Kier alpha value is -2.39. The molecule has 1 aromatic carbocycles. The number of aliphatic carboxylic acids is 1. The van der Waals surface area contributed by atoms with Gasteiger partial charge in [0.25, 0.3) is 15.9 Å². The first-order valence-electron chi connectivity index (χ1n) is 7.94. The normalized spacial score (nSPS) is 13.6. The van der Waals surface area contributed by atoms with Gasteiger partial charge in [0.05, 0.1) is 0 Å². The number of nitrogens with one attached hydrogen (secondary N) is 2. The van der Waals surface area contributed by atoms with E-state index >= 15 is 0 Å². The van der Waals surface area contributed by atoms with Crippen molar-refractivity contribution in [3.63, 3.8) is 0 Å². The third-order valence-electron chi connectivity index (χ3n) is 3.90. The van der Waals surface area contributed by atoms with E-state index in [1.807, 2.05) is 6.92 Å². The van der Waals surface area contributed by atoms with Crippen molar-refractivity contribution in [1.82, 2.24) is 5.32 Å². The lowest BCUT2D eigenvalue weighted by molar-refractivity contribution is -0.140. The number of hydrogen-bond acceptors (Lipinski definition) is 5. The lowest BCUT2D eigenvalue weighted by Gasteiger charge is -2.20. The summed E-state index contributed by atoms with van der Waals surface area (Å²) >= 11 is 1.08. The Balaban J connectivity index is 2.18. The Morgan fingerprint density at radius 3 is 2.54 bits per heavy atom. The van der Waals surface area contributed by atoms with Crippen LogP contribution >= 0.6 is 11.3 Å². The van der Waals surface area contributed by atoms with Gasteiger partial charge in [0.15, 0.2) is 0 Å². The van der Waals surface area contributed by atoms with Crippen LogP contribution in [-0.2, 0) is 14.8 Å². The van der Waals surface area contributed by atoms with Gasteiger partial charge in [-0.1, -0.05) is 32.4 Å². The molecule has 2 aromatic rings. The molecule has 0 saturated heterocycles. The van der Waals surface area contributed by atoms with E-state index < -0.39 is 27.9 Å². The molecule has 9 heteroatoms. The standard InChI is InChI=1S/C17H20N2O5S2/c1-3-11(2)15(17(21)22)18-16(20)12-6-4-7-13(10-12)19-26(23,24)14-8-5-9-25-14/h4-11,15,19H,3H2,1-2H3,(H,18,20)(H,21,22)/t11-,15-/m0/s1. The number of carbonyl (C=O) groups excluding carboxylic acids is 1. The van der Waals surface area contributed by atoms with E-state index in [-0.39, 0.29) is 21.4 Å². The number of sulfonamides is 1. The van der Waals surface area contributed by atoms with Crippen molar-refractivity contribution in [1.29, 1.82) is 0 Å². The molecule has 0 radical (unpaired) electrons. The van der Waals surface area contributed by atoms with Crippen LogP contribution in [0.4, 0.5) is 5.69 Å². The van der Waals surface area contributed by atoms with Crippen molar-refractivity contribution in [3.05, 3.63) is 47.3 Å². The van der Waals surface area contributed by atoms with Crippen molar-refractivity contribution in [3.8, 4) is 0 Å². The molecule has 1 aromatic heterocycles. The van der Waals surface area contributed by atoms with E-state index in [1.165, 1.54) is 30.3 Å². The molecule has 26 heavy (non-hydrogen) atoms. The van der Waals surface area contributed by atoms with Crippen molar-refractivity contribution in [2.24, 2.45) is 5.92 Å². The maximum atomic E-state index is 12.4. The number of benzene rings is 1. The fourth-order valence-electron chi connectivity index (χ4n) is 2.25. The second-order valence-electron chi connectivity index (χ2n) is 5.79. The summed E-state index contributed by atoms with van der Waals surface area (Å²) in [5.74, 6) is -1.92. The average molecular weight is 396 g/mol. The predicted octanol–water partition coefficient (Wildman–Crippen LogP) is 2.78. The van der Waals surface area contributed by atoms with Crippen LogP contribution in [0.15, 0.2) is 46.0 Å². The maximum Gasteiger partial charge on any atom is 0.326 e. The van der Waals surface area contributed by atoms with E-state index in [0.29, 0.717) is 6.42 Å². The van der Waals surface area contributed by atoms with Crippen LogP contribution in [0.1, 0.15) is 30.6 Å². The van der Waals surface area contributed by atoms with Gasteiger partial charge < -0.3 is 10.4 Å². The van der Waals surface area contributed by atoms with E-state index in [0.717, 1.165) is 11.3 Å². The molecule has 7 nitrogen and oxygen atoms in total. The molecule has 0 aliphatic carbocycles. The first-order chi connectivity index (χ1) is 12.2. The molecule has 0 aliphatic rings. The van der Waals surface area contributed by atoms with Crippen molar-refractivity contribution in [2.75, 3.05) is 4.72 Å². The third-order valence-corrected chi connectivity index (χ3v) is 6.68. The number of thiophene rings is 1. The first kappa shape index (κ1) is 19.9. The summed E-state index contributed by atoms with van der Waals surface area (Å²) < 4.78 is 27.1. The van der Waals surface area contributed by atoms with Crippen molar-refractivity contribution < 1.29 is 23.1 Å². The highest BCUT2D eigenvalue weighted by atomic mass is 32.2. The Kier molecular flexibility index (Phi) is 6.38. The number of hydrogen-bond donors (Lipinski definition) is 3. The molecule has 3 N–H and O–H groups in total. The SMILES string of the molecule is CC[C@H](C)[C@H](NC(=O)c1cccc(NS(=O)(=O)c2cccs2)c1)C(=O)O. The molecule has 140 valence electrons. The largest absolute Gasteiger partial charge is 0.480 e. The number of anilines is 1. The molecule has 2 atom stereocenters. The van der Waals surface area contributed by atoms with Gasteiger partial charge in [-0.2, -0.15) is 0 Å². The molecule has 0 bridgehead atoms. The summed E-state index contributed by atoms with van der Waals surface area (Å²) in [6.07, 6.45) is 0.595. The Bertz CT molecular complexity index is 878. The van der Waals surface area contributed by atoms with Gasteiger partial charge in [-0.25, -0.2) is 13.2 Å². The molecule has 1 heterocycles. The summed E-state index contributed by atoms with van der Waals surface area (Å²) in [4.78, 5) is 23.7. The number of carboxylic acids is 1. The molecule has 0 saturated carbocycles. The summed E-state index contributed by atoms with van der Waals surface area (Å²) in [5, 5.41) is 13.4. The van der Waals surface area contributed by atoms with Crippen LogP contribution in [0.25, 0.3) is 0 Å². The van der Waals surface area contributed by atoms with Crippen molar-refractivity contribution in [2.45, 2.75) is 30.5 Å². The zero-order valence-electron chi connectivity index (χ0n) is 14.3. The summed E-state index contributed by atoms with van der Waals surface area (Å²) in [6, 6.07) is 8.01. The minimum Gasteiger partial charge on any atom is -0.480 e. The molecule has 1 amide bonds. The second-order valence-corrected chi connectivity index (χ2v) is 8.65. The second kappa shape index (κ2) is 8.33. The molecule has 0 fully saturated rings. The van der Waals surface area contributed by atoms with Gasteiger partial charge in [-0.3, -0.25) is 9.52 Å². The van der Waals surface area contributed by atoms with Gasteiger partial charge in [0.1, 0.15) is 10.3 Å². The van der Waals surface area contributed by atoms with Gasteiger partial charge in [0.2, 0.25) is 0 Å². The molecule has 0 unspecified atom stereocenters. The minimum atomic E-state index is -3.72. The maximum absolute atomic E-state index is 12.4. The topological polar surface area (TPSA) is 113 Å². The fraction of sp³-hybridized carbons (Fsp3) is 0.294. The molecular formula is C17H20N2O5S2. The number of carboxylic acid groups (broad SMARTS) is 1. The summed E-state index contributed by atoms with van der Waals surface area (Å²) in [7, 11) is -3.72. The van der Waals surface area contributed by atoms with Gasteiger partial charge >= 0.3 is 5.97 Å². The highest BCUT2D eigenvalue weighted by Gasteiger charge is 2.26. The smallest absolute Gasteiger partial charge is 0.326 e. The zero-order chi connectivity index (χ0) is 19.3. The third kappa shape index (κ3) is 4.83. The van der Waals surface area contributed by atoms with Gasteiger partial charge in [-0.15, -0.1) is 11.3 Å². The lowest BCUT2D eigenvalue weighted by Crippen LogP contribution is -2.45. The lowest BCUT2D eigenvalue weighted by atomic mass is 9.99. The Labute approximate surface area is 156 Å². The minimum absolute atomic E-state index is 0.162. The van der Waals surface area contributed by atoms with E-state index in [2.05, 4.69) is 10.0 Å². The Morgan fingerprint density at radius 2 is 1.96 bits per heavy atom. The molecule has 0 aliphatic heterocycles. The highest BCUT2D eigenvalue weighted by Crippen LogP contribution is 2.21. The van der Waals surface area contributed by atoms with Crippen LogP contribution < -0.4 is 10.0 Å². The van der Waals surface area contributed by atoms with Crippen LogP contribution in [0.5, 0.6) is 0 Å². The van der Waals surface area contributed by atoms with Crippen LogP contribution in [0, 0.1) is 5.92 Å². The number of amides is 1. The molecule has 0 spiro atoms. The van der Waals surface area contributed by atoms with Crippen LogP contribution in [0.2, 0.25) is 0 Å². The molecular weight excluding hydrogens is 376 g/mol. The zero-order valence-corrected chi connectivity index (χ0v) is 15.9. The van der Waals surface area contributed by atoms with Crippen LogP contribution in [-0.4, -0.2) is 31.4 Å². The van der Waals surface area contributed by atoms with E-state index in [1.54, 1.807) is 18.4 Å². The number of carbonyl (C=O) groups is 2.